The first-order chi connectivity index (χ1) is 16.7. The molecule has 11 heteroatoms. The zero-order valence-electron chi connectivity index (χ0n) is 19.5. The summed E-state index contributed by atoms with van der Waals surface area (Å²) in [5.41, 5.74) is 1.25. The SMILES string of the molecule is C=CC(c1cscc1S(=O)(=O)c1ccccc1)S(=O)(=O)N1CCN(CCc2ccc(F)cc2)CC1.Cl. The summed E-state index contributed by atoms with van der Waals surface area (Å²) in [4.78, 5) is 2.29. The van der Waals surface area contributed by atoms with Gasteiger partial charge in [0.15, 0.2) is 0 Å². The molecule has 1 aliphatic rings. The van der Waals surface area contributed by atoms with Gasteiger partial charge in [0.2, 0.25) is 19.9 Å². The molecule has 1 saturated heterocycles. The van der Waals surface area contributed by atoms with E-state index < -0.39 is 25.1 Å². The highest BCUT2D eigenvalue weighted by atomic mass is 35.5. The molecule has 4 rings (SSSR count). The number of thiophene rings is 1. The first kappa shape index (κ1) is 28.5. The van der Waals surface area contributed by atoms with E-state index in [9.17, 15) is 21.2 Å². The van der Waals surface area contributed by atoms with Crippen LogP contribution < -0.4 is 0 Å². The predicted octanol–water partition coefficient (Wildman–Crippen LogP) is 4.56. The van der Waals surface area contributed by atoms with Crippen LogP contribution in [0.25, 0.3) is 0 Å². The lowest BCUT2D eigenvalue weighted by Crippen LogP contribution is -2.49. The van der Waals surface area contributed by atoms with Crippen molar-refractivity contribution in [3.63, 3.8) is 0 Å². The number of nitrogens with zero attached hydrogens (tertiary/aromatic N) is 2. The van der Waals surface area contributed by atoms with Crippen LogP contribution in [0.1, 0.15) is 16.4 Å². The van der Waals surface area contributed by atoms with Crippen molar-refractivity contribution in [2.75, 3.05) is 32.7 Å². The Kier molecular flexibility index (Phi) is 9.48. The summed E-state index contributed by atoms with van der Waals surface area (Å²) in [5, 5.41) is 1.91. The normalized spacial score (nSPS) is 16.2. The standard InChI is InChI=1S/C25H27FN2O4S3.ClH/c1-2-24(23-18-33-19-25(23)34(29,30)22-6-4-3-5-7-22)35(31,32)28-16-14-27(15-17-28)13-12-20-8-10-21(26)11-9-20;/h2-11,18-19,24H,1,12-17H2;1H. The molecule has 1 atom stereocenters. The average Bonchev–Trinajstić information content (AvgIpc) is 3.35. The van der Waals surface area contributed by atoms with Gasteiger partial charge in [0.1, 0.15) is 11.1 Å². The molecule has 0 spiro atoms. The zero-order chi connectivity index (χ0) is 25.1. The smallest absolute Gasteiger partial charge is 0.224 e. The summed E-state index contributed by atoms with van der Waals surface area (Å²) in [6.45, 7) is 6.20. The van der Waals surface area contributed by atoms with Crippen molar-refractivity contribution in [1.82, 2.24) is 9.21 Å². The third kappa shape index (κ3) is 6.07. The topological polar surface area (TPSA) is 74.8 Å². The lowest BCUT2D eigenvalue weighted by molar-refractivity contribution is 0.189. The van der Waals surface area contributed by atoms with Crippen LogP contribution in [0.4, 0.5) is 4.39 Å². The highest BCUT2D eigenvalue weighted by molar-refractivity contribution is 7.92. The summed E-state index contributed by atoms with van der Waals surface area (Å²) >= 11 is 1.16. The van der Waals surface area contributed by atoms with Crippen LogP contribution in [0.2, 0.25) is 0 Å². The Hall–Kier alpha value is -2.08. The van der Waals surface area contributed by atoms with E-state index in [1.807, 2.05) is 0 Å². The van der Waals surface area contributed by atoms with E-state index in [0.29, 0.717) is 26.2 Å². The first-order valence-corrected chi connectivity index (χ1v) is 15.1. The van der Waals surface area contributed by atoms with E-state index in [-0.39, 0.29) is 33.6 Å². The van der Waals surface area contributed by atoms with Crippen LogP contribution >= 0.6 is 23.7 Å². The fourth-order valence-corrected chi connectivity index (χ4v) is 8.84. The van der Waals surface area contributed by atoms with Gasteiger partial charge in [-0.25, -0.2) is 21.2 Å². The van der Waals surface area contributed by atoms with E-state index in [2.05, 4.69) is 11.5 Å². The maximum Gasteiger partial charge on any atom is 0.224 e. The van der Waals surface area contributed by atoms with Crippen molar-refractivity contribution < 1.29 is 21.2 Å². The second-order valence-corrected chi connectivity index (χ2v) is 13.0. The molecule has 2 heterocycles. The molecule has 0 radical (unpaired) electrons. The van der Waals surface area contributed by atoms with Crippen LogP contribution in [-0.4, -0.2) is 58.8 Å². The molecular formula is C25H28ClFN2O4S3. The van der Waals surface area contributed by atoms with Gasteiger partial charge in [-0.1, -0.05) is 36.4 Å². The van der Waals surface area contributed by atoms with Crippen molar-refractivity contribution in [3.05, 3.63) is 95.0 Å². The van der Waals surface area contributed by atoms with Crippen LogP contribution in [0.3, 0.4) is 0 Å². The van der Waals surface area contributed by atoms with Gasteiger partial charge in [-0.2, -0.15) is 15.6 Å². The van der Waals surface area contributed by atoms with Crippen molar-refractivity contribution in [2.45, 2.75) is 21.5 Å². The summed E-state index contributed by atoms with van der Waals surface area (Å²) in [6, 6.07) is 14.4. The summed E-state index contributed by atoms with van der Waals surface area (Å²) in [5.74, 6) is -0.269. The number of benzene rings is 2. The Labute approximate surface area is 222 Å². The first-order valence-electron chi connectivity index (χ1n) is 11.2. The molecule has 0 N–H and O–H groups in total. The number of sulfone groups is 1. The second-order valence-electron chi connectivity index (χ2n) is 8.33. The molecule has 1 unspecified atom stereocenters. The number of hydrogen-bond acceptors (Lipinski definition) is 6. The van der Waals surface area contributed by atoms with Gasteiger partial charge in [0, 0.05) is 43.7 Å². The van der Waals surface area contributed by atoms with Crippen molar-refractivity contribution >= 4 is 43.6 Å². The maximum atomic E-state index is 13.6. The summed E-state index contributed by atoms with van der Waals surface area (Å²) in [6.07, 6.45) is 2.06. The molecular weight excluding hydrogens is 543 g/mol. The fourth-order valence-electron chi connectivity index (χ4n) is 4.16. The molecule has 194 valence electrons. The van der Waals surface area contributed by atoms with E-state index in [1.54, 1.807) is 35.7 Å². The Morgan fingerprint density at radius 3 is 2.19 bits per heavy atom. The molecule has 1 fully saturated rings. The predicted molar refractivity (Wildman–Crippen MR) is 143 cm³/mol. The maximum absolute atomic E-state index is 13.6. The van der Waals surface area contributed by atoms with Gasteiger partial charge in [0.05, 0.1) is 9.79 Å². The Morgan fingerprint density at radius 1 is 0.944 bits per heavy atom. The lowest BCUT2D eigenvalue weighted by atomic mass is 10.1. The molecule has 0 aliphatic carbocycles. The minimum absolute atomic E-state index is 0. The quantitative estimate of drug-likeness (QED) is 0.353. The Morgan fingerprint density at radius 2 is 1.58 bits per heavy atom. The van der Waals surface area contributed by atoms with Gasteiger partial charge in [-0.05, 0) is 41.6 Å². The minimum atomic E-state index is -3.87. The van der Waals surface area contributed by atoms with Crippen molar-refractivity contribution in [1.29, 1.82) is 0 Å². The monoisotopic (exact) mass is 570 g/mol. The Bertz CT molecular complexity index is 1370. The van der Waals surface area contributed by atoms with Gasteiger partial charge in [0.25, 0.3) is 0 Å². The summed E-state index contributed by atoms with van der Waals surface area (Å²) < 4.78 is 68.1. The molecule has 0 amide bonds. The van der Waals surface area contributed by atoms with Gasteiger partial charge < -0.3 is 4.90 Å². The largest absolute Gasteiger partial charge is 0.300 e. The Balaban J connectivity index is 0.00000361. The number of piperazine rings is 1. The van der Waals surface area contributed by atoms with Gasteiger partial charge in [-0.15, -0.1) is 19.0 Å². The van der Waals surface area contributed by atoms with E-state index >= 15 is 0 Å². The molecule has 2 aromatic carbocycles. The van der Waals surface area contributed by atoms with Crippen LogP contribution in [-0.2, 0) is 26.3 Å². The highest BCUT2D eigenvalue weighted by Gasteiger charge is 2.37. The van der Waals surface area contributed by atoms with Crippen molar-refractivity contribution in [3.8, 4) is 0 Å². The lowest BCUT2D eigenvalue weighted by Gasteiger charge is -2.35. The van der Waals surface area contributed by atoms with E-state index in [0.717, 1.165) is 29.9 Å². The van der Waals surface area contributed by atoms with E-state index in [4.69, 9.17) is 0 Å². The number of hydrogen-bond donors (Lipinski definition) is 0. The number of sulfonamides is 1. The third-order valence-electron chi connectivity index (χ3n) is 6.16. The summed E-state index contributed by atoms with van der Waals surface area (Å²) in [7, 11) is -7.74. The molecule has 36 heavy (non-hydrogen) atoms. The number of halogens is 2. The van der Waals surface area contributed by atoms with Gasteiger partial charge >= 0.3 is 0 Å². The highest BCUT2D eigenvalue weighted by Crippen LogP contribution is 2.36. The molecule has 0 saturated carbocycles. The second kappa shape index (κ2) is 12.0. The van der Waals surface area contributed by atoms with Crippen LogP contribution in [0.5, 0.6) is 0 Å². The average molecular weight is 571 g/mol. The van der Waals surface area contributed by atoms with Crippen molar-refractivity contribution in [2.24, 2.45) is 0 Å². The molecule has 1 aromatic heterocycles. The molecule has 6 nitrogen and oxygen atoms in total. The van der Waals surface area contributed by atoms with Crippen LogP contribution in [0.15, 0.2) is 87.8 Å². The molecule has 1 aliphatic heterocycles. The van der Waals surface area contributed by atoms with Gasteiger partial charge in [-0.3, -0.25) is 0 Å². The van der Waals surface area contributed by atoms with Crippen LogP contribution in [0, 0.1) is 5.82 Å². The number of rotatable bonds is 9. The minimum Gasteiger partial charge on any atom is -0.300 e. The fraction of sp³-hybridized carbons (Fsp3) is 0.280. The van der Waals surface area contributed by atoms with E-state index in [1.165, 1.54) is 40.0 Å². The molecule has 3 aromatic rings. The third-order valence-corrected chi connectivity index (χ3v) is 11.1. The molecule has 0 bridgehead atoms. The zero-order valence-corrected chi connectivity index (χ0v) is 22.8.